The van der Waals surface area contributed by atoms with Crippen LogP contribution in [0.25, 0.3) is 0 Å². The minimum atomic E-state index is 0.0772. The molecule has 0 radical (unpaired) electrons. The first-order valence-corrected chi connectivity index (χ1v) is 6.03. The van der Waals surface area contributed by atoms with E-state index in [9.17, 15) is 0 Å². The summed E-state index contributed by atoms with van der Waals surface area (Å²) >= 11 is 0. The molecule has 0 aromatic heterocycles. The van der Waals surface area contributed by atoms with Crippen LogP contribution in [0.2, 0.25) is 0 Å². The normalized spacial score (nSPS) is 29.1. The number of nitrogens with one attached hydrogen (secondary N) is 1. The lowest BCUT2D eigenvalue weighted by Gasteiger charge is -2.39. The van der Waals surface area contributed by atoms with Crippen molar-refractivity contribution in [1.82, 2.24) is 4.90 Å². The number of hydrogen-bond donors (Lipinski definition) is 1. The largest absolute Gasteiger partial charge is 0.381 e. The monoisotopic (exact) mass is 218 g/mol. The molecule has 0 spiro atoms. The Morgan fingerprint density at radius 3 is 2.50 bits per heavy atom. The Morgan fingerprint density at radius 1 is 1.19 bits per heavy atom. The number of nitrogens with zero attached hydrogens (tertiary/aromatic N) is 1. The van der Waals surface area contributed by atoms with Crippen LogP contribution in [0, 0.1) is 0 Å². The van der Waals surface area contributed by atoms with Crippen LogP contribution < -0.4 is 5.32 Å². The lowest BCUT2D eigenvalue weighted by Crippen LogP contribution is -2.47. The molecule has 1 aliphatic heterocycles. The average Bonchev–Trinajstić information content (AvgIpc) is 2.32. The van der Waals surface area contributed by atoms with Crippen molar-refractivity contribution < 1.29 is 0 Å². The highest BCUT2D eigenvalue weighted by molar-refractivity contribution is 5.55. The molecule has 0 saturated heterocycles. The molecule has 0 saturated carbocycles. The molecule has 2 atom stereocenters. The van der Waals surface area contributed by atoms with Gasteiger partial charge in [0.25, 0.3) is 0 Å². The molecule has 2 nitrogen and oxygen atoms in total. The molecule has 2 unspecified atom stereocenters. The highest BCUT2D eigenvalue weighted by Crippen LogP contribution is 2.37. The van der Waals surface area contributed by atoms with E-state index in [0.717, 1.165) is 0 Å². The van der Waals surface area contributed by atoms with E-state index < -0.39 is 0 Å². The molecule has 0 bridgehead atoms. The summed E-state index contributed by atoms with van der Waals surface area (Å²) in [5, 5.41) is 3.62. The topological polar surface area (TPSA) is 15.3 Å². The number of benzene rings is 1. The van der Waals surface area contributed by atoms with Crippen LogP contribution in [0.4, 0.5) is 5.69 Å². The molecule has 1 N–H and O–H groups in total. The third-order valence-electron chi connectivity index (χ3n) is 4.19. The summed E-state index contributed by atoms with van der Waals surface area (Å²) in [6.07, 6.45) is 0. The Labute approximate surface area is 98.7 Å². The first-order chi connectivity index (χ1) is 7.44. The molecule has 1 aromatic carbocycles. The quantitative estimate of drug-likeness (QED) is 0.720. The Hall–Kier alpha value is -1.02. The van der Waals surface area contributed by atoms with Gasteiger partial charge < -0.3 is 5.32 Å². The second-order valence-corrected chi connectivity index (χ2v) is 5.39. The van der Waals surface area contributed by atoms with Crippen molar-refractivity contribution >= 4 is 5.69 Å². The summed E-state index contributed by atoms with van der Waals surface area (Å²) < 4.78 is 0. The van der Waals surface area contributed by atoms with E-state index in [1.807, 2.05) is 0 Å². The van der Waals surface area contributed by atoms with Gasteiger partial charge in [-0.05, 0) is 46.4 Å². The van der Waals surface area contributed by atoms with Gasteiger partial charge in [0.2, 0.25) is 0 Å². The van der Waals surface area contributed by atoms with Crippen molar-refractivity contribution in [3.05, 3.63) is 29.8 Å². The van der Waals surface area contributed by atoms with Gasteiger partial charge in [0.15, 0.2) is 0 Å². The summed E-state index contributed by atoms with van der Waals surface area (Å²) in [5.74, 6) is 0. The molecular weight excluding hydrogens is 196 g/mol. The summed E-state index contributed by atoms with van der Waals surface area (Å²) in [5.41, 5.74) is 2.73. The fourth-order valence-corrected chi connectivity index (χ4v) is 2.54. The number of hydrogen-bond acceptors (Lipinski definition) is 2. The smallest absolute Gasteiger partial charge is 0.0425 e. The van der Waals surface area contributed by atoms with E-state index in [-0.39, 0.29) is 5.54 Å². The second-order valence-electron chi connectivity index (χ2n) is 5.39. The van der Waals surface area contributed by atoms with Crippen LogP contribution in [-0.4, -0.2) is 24.0 Å². The van der Waals surface area contributed by atoms with E-state index in [1.54, 1.807) is 0 Å². The first kappa shape index (κ1) is 11.5. The maximum Gasteiger partial charge on any atom is 0.0425 e. The van der Waals surface area contributed by atoms with Gasteiger partial charge in [-0.2, -0.15) is 0 Å². The van der Waals surface area contributed by atoms with Crippen molar-refractivity contribution in [2.75, 3.05) is 12.4 Å². The molecule has 1 aromatic rings. The molecule has 0 aliphatic carbocycles. The van der Waals surface area contributed by atoms with Gasteiger partial charge in [-0.15, -0.1) is 0 Å². The molecule has 1 aliphatic rings. The van der Waals surface area contributed by atoms with Gasteiger partial charge in [0.1, 0.15) is 0 Å². The molecule has 0 amide bonds. The fourth-order valence-electron chi connectivity index (χ4n) is 2.54. The molecule has 2 rings (SSSR count). The predicted molar refractivity (Wildman–Crippen MR) is 69.8 cm³/mol. The Bertz CT molecular complexity index is 384. The molecule has 0 fully saturated rings. The van der Waals surface area contributed by atoms with Gasteiger partial charge in [-0.25, -0.2) is 0 Å². The average molecular weight is 218 g/mol. The van der Waals surface area contributed by atoms with Gasteiger partial charge in [0, 0.05) is 23.3 Å². The van der Waals surface area contributed by atoms with Crippen LogP contribution in [-0.2, 0) is 5.54 Å². The molecular formula is C14H22N2. The third kappa shape index (κ3) is 1.61. The summed E-state index contributed by atoms with van der Waals surface area (Å²) in [4.78, 5) is 2.45. The van der Waals surface area contributed by atoms with Crippen LogP contribution in [0.5, 0.6) is 0 Å². The number of likely N-dealkylation sites (N-methyl/N-ethyl adjacent to an activating group) is 1. The van der Waals surface area contributed by atoms with Gasteiger partial charge in [-0.1, -0.05) is 18.2 Å². The zero-order chi connectivity index (χ0) is 11.9. The highest BCUT2D eigenvalue weighted by atomic mass is 15.2. The van der Waals surface area contributed by atoms with E-state index in [0.29, 0.717) is 12.1 Å². The molecule has 2 heteroatoms. The Balaban J connectivity index is 2.55. The zero-order valence-electron chi connectivity index (χ0n) is 10.9. The minimum absolute atomic E-state index is 0.0772. The third-order valence-corrected chi connectivity index (χ3v) is 4.19. The molecule has 16 heavy (non-hydrogen) atoms. The fraction of sp³-hybridized carbons (Fsp3) is 0.571. The Kier molecular flexibility index (Phi) is 2.70. The Morgan fingerprint density at radius 2 is 1.81 bits per heavy atom. The molecule has 88 valence electrons. The number of para-hydroxylation sites is 1. The number of anilines is 1. The first-order valence-electron chi connectivity index (χ1n) is 6.03. The van der Waals surface area contributed by atoms with E-state index in [2.05, 4.69) is 69.2 Å². The van der Waals surface area contributed by atoms with Gasteiger partial charge in [0.05, 0.1) is 0 Å². The lowest BCUT2D eigenvalue weighted by molar-refractivity contribution is 0.106. The predicted octanol–water partition coefficient (Wildman–Crippen LogP) is 3.06. The van der Waals surface area contributed by atoms with E-state index in [1.165, 1.54) is 11.3 Å². The van der Waals surface area contributed by atoms with Crippen LogP contribution in [0.3, 0.4) is 0 Å². The van der Waals surface area contributed by atoms with Crippen LogP contribution in [0.1, 0.15) is 33.3 Å². The zero-order valence-corrected chi connectivity index (χ0v) is 10.9. The maximum absolute atomic E-state index is 3.62. The SMILES string of the molecule is CC1Nc2ccccc2C(C)(C)N(C)C1C. The highest BCUT2D eigenvalue weighted by Gasteiger charge is 2.36. The second kappa shape index (κ2) is 3.77. The van der Waals surface area contributed by atoms with Gasteiger partial charge in [-0.3, -0.25) is 4.90 Å². The van der Waals surface area contributed by atoms with Crippen molar-refractivity contribution in [2.45, 2.75) is 45.3 Å². The van der Waals surface area contributed by atoms with E-state index in [4.69, 9.17) is 0 Å². The summed E-state index contributed by atoms with van der Waals surface area (Å²) in [7, 11) is 2.21. The van der Waals surface area contributed by atoms with Crippen LogP contribution >= 0.6 is 0 Å². The number of fused-ring (bicyclic) bond motifs is 1. The standard InChI is InChI=1S/C14H22N2/c1-10-11(2)16(5)14(3,4)12-8-6-7-9-13(12)15-10/h6-11,15H,1-5H3. The van der Waals surface area contributed by atoms with Gasteiger partial charge >= 0.3 is 0 Å². The van der Waals surface area contributed by atoms with Crippen molar-refractivity contribution in [3.8, 4) is 0 Å². The number of rotatable bonds is 0. The van der Waals surface area contributed by atoms with Crippen LogP contribution in [0.15, 0.2) is 24.3 Å². The minimum Gasteiger partial charge on any atom is -0.381 e. The maximum atomic E-state index is 3.62. The molecule has 1 heterocycles. The van der Waals surface area contributed by atoms with E-state index >= 15 is 0 Å². The van der Waals surface area contributed by atoms with Crippen molar-refractivity contribution in [1.29, 1.82) is 0 Å². The van der Waals surface area contributed by atoms with Crippen molar-refractivity contribution in [3.63, 3.8) is 0 Å². The van der Waals surface area contributed by atoms with Crippen molar-refractivity contribution in [2.24, 2.45) is 0 Å². The lowest BCUT2D eigenvalue weighted by atomic mass is 9.91. The summed E-state index contributed by atoms with van der Waals surface area (Å²) in [6.45, 7) is 9.12. The summed E-state index contributed by atoms with van der Waals surface area (Å²) in [6, 6.07) is 9.61.